The van der Waals surface area contributed by atoms with Gasteiger partial charge in [-0.15, -0.1) is 11.3 Å². The second-order valence-corrected chi connectivity index (χ2v) is 5.99. The number of H-pyrrole nitrogens is 1. The molecule has 4 heterocycles. The van der Waals surface area contributed by atoms with Gasteiger partial charge in [0, 0.05) is 24.9 Å². The summed E-state index contributed by atoms with van der Waals surface area (Å²) in [6.45, 7) is 1.48. The van der Waals surface area contributed by atoms with Crippen molar-refractivity contribution in [3.63, 3.8) is 0 Å². The van der Waals surface area contributed by atoms with Gasteiger partial charge in [-0.2, -0.15) is 5.10 Å². The topological polar surface area (TPSA) is 92.8 Å². The predicted octanol–water partition coefficient (Wildman–Crippen LogP) is 3.11. The van der Waals surface area contributed by atoms with Crippen LogP contribution in [0, 0.1) is 0 Å². The molecule has 122 valence electrons. The van der Waals surface area contributed by atoms with Crippen molar-refractivity contribution in [2.75, 3.05) is 6.54 Å². The first-order chi connectivity index (χ1) is 11.9. The Kier molecular flexibility index (Phi) is 4.22. The Labute approximate surface area is 141 Å². The van der Waals surface area contributed by atoms with Gasteiger partial charge < -0.3 is 14.2 Å². The molecular weight excluding hydrogens is 326 g/mol. The lowest BCUT2D eigenvalue weighted by Gasteiger charge is -2.00. The van der Waals surface area contributed by atoms with Crippen LogP contribution < -0.4 is 5.32 Å². The van der Waals surface area contributed by atoms with Crippen molar-refractivity contribution >= 4 is 11.3 Å². The number of aromatic amines is 1. The molecule has 4 rings (SSSR count). The van der Waals surface area contributed by atoms with Crippen LogP contribution in [-0.4, -0.2) is 26.7 Å². The number of aromatic nitrogens is 4. The van der Waals surface area contributed by atoms with Crippen LogP contribution in [0.3, 0.4) is 0 Å². The molecule has 0 aliphatic heterocycles. The van der Waals surface area contributed by atoms with E-state index in [1.54, 1.807) is 23.9 Å². The lowest BCUT2D eigenvalue weighted by atomic mass is 10.4. The molecule has 2 N–H and O–H groups in total. The van der Waals surface area contributed by atoms with Crippen LogP contribution in [0.5, 0.6) is 0 Å². The van der Waals surface area contributed by atoms with Gasteiger partial charge >= 0.3 is 0 Å². The summed E-state index contributed by atoms with van der Waals surface area (Å²) in [5.74, 6) is 2.87. The van der Waals surface area contributed by atoms with E-state index in [0.29, 0.717) is 18.1 Å². The van der Waals surface area contributed by atoms with Crippen molar-refractivity contribution in [2.24, 2.45) is 0 Å². The van der Waals surface area contributed by atoms with Crippen LogP contribution in [0.2, 0.25) is 0 Å². The minimum absolute atomic E-state index is 0.581. The van der Waals surface area contributed by atoms with Gasteiger partial charge in [-0.3, -0.25) is 5.10 Å². The van der Waals surface area contributed by atoms with Gasteiger partial charge in [0.2, 0.25) is 5.82 Å². The van der Waals surface area contributed by atoms with Crippen LogP contribution in [0.25, 0.3) is 22.4 Å². The molecule has 0 bridgehead atoms. The van der Waals surface area contributed by atoms with E-state index >= 15 is 0 Å². The van der Waals surface area contributed by atoms with Gasteiger partial charge in [-0.05, 0) is 24.3 Å². The van der Waals surface area contributed by atoms with Crippen LogP contribution in [0.4, 0.5) is 0 Å². The molecule has 7 nitrogen and oxygen atoms in total. The summed E-state index contributed by atoms with van der Waals surface area (Å²) in [6, 6.07) is 7.43. The van der Waals surface area contributed by atoms with Crippen LogP contribution in [-0.2, 0) is 13.0 Å². The largest absolute Gasteiger partial charge is 0.462 e. The smallest absolute Gasteiger partial charge is 0.216 e. The maximum Gasteiger partial charge on any atom is 0.216 e. The summed E-state index contributed by atoms with van der Waals surface area (Å²) in [7, 11) is 0. The highest BCUT2D eigenvalue weighted by atomic mass is 32.1. The molecule has 0 radical (unpaired) electrons. The molecule has 0 saturated carbocycles. The molecule has 0 amide bonds. The molecule has 0 unspecified atom stereocenters. The number of furan rings is 2. The summed E-state index contributed by atoms with van der Waals surface area (Å²) in [6.07, 6.45) is 4.02. The van der Waals surface area contributed by atoms with E-state index in [-0.39, 0.29) is 0 Å². The van der Waals surface area contributed by atoms with Crippen molar-refractivity contribution in [1.29, 1.82) is 0 Å². The lowest BCUT2D eigenvalue weighted by molar-refractivity contribution is 0.577. The van der Waals surface area contributed by atoms with E-state index in [2.05, 4.69) is 25.5 Å². The van der Waals surface area contributed by atoms with E-state index in [4.69, 9.17) is 8.83 Å². The Morgan fingerprint density at radius 2 is 1.92 bits per heavy atom. The molecule has 0 atom stereocenters. The second-order valence-electron chi connectivity index (χ2n) is 5.13. The quantitative estimate of drug-likeness (QED) is 0.502. The molecule has 0 aromatic carbocycles. The second kappa shape index (κ2) is 6.81. The van der Waals surface area contributed by atoms with E-state index < -0.39 is 0 Å². The molecular formula is C16H15N5O2S. The first-order valence-corrected chi connectivity index (χ1v) is 8.40. The monoisotopic (exact) mass is 341 g/mol. The number of nitrogens with one attached hydrogen (secondary N) is 2. The van der Waals surface area contributed by atoms with Crippen LogP contribution in [0.15, 0.2) is 51.0 Å². The van der Waals surface area contributed by atoms with Crippen molar-refractivity contribution in [1.82, 2.24) is 25.5 Å². The predicted molar refractivity (Wildman–Crippen MR) is 89.3 cm³/mol. The Morgan fingerprint density at radius 1 is 1.08 bits per heavy atom. The normalized spacial score (nSPS) is 11.2. The number of hydrogen-bond acceptors (Lipinski definition) is 7. The van der Waals surface area contributed by atoms with Crippen LogP contribution in [0.1, 0.15) is 11.5 Å². The molecule has 0 fully saturated rings. The highest BCUT2D eigenvalue weighted by Gasteiger charge is 2.09. The van der Waals surface area contributed by atoms with Gasteiger partial charge in [0.05, 0.1) is 18.2 Å². The average molecular weight is 341 g/mol. The fraction of sp³-hybridized carbons (Fsp3) is 0.188. The first-order valence-electron chi connectivity index (χ1n) is 7.52. The number of nitrogens with zero attached hydrogens (tertiary/aromatic N) is 3. The summed E-state index contributed by atoms with van der Waals surface area (Å²) in [5.41, 5.74) is 1.00. The molecule has 0 spiro atoms. The van der Waals surface area contributed by atoms with Crippen molar-refractivity contribution < 1.29 is 8.83 Å². The molecule has 0 saturated heterocycles. The zero-order chi connectivity index (χ0) is 16.2. The fourth-order valence-corrected chi connectivity index (χ4v) is 3.03. The molecule has 4 aromatic rings. The van der Waals surface area contributed by atoms with Gasteiger partial charge in [0.1, 0.15) is 5.82 Å². The van der Waals surface area contributed by atoms with Crippen molar-refractivity contribution in [2.45, 2.75) is 13.0 Å². The third-order valence-corrected chi connectivity index (χ3v) is 4.31. The Morgan fingerprint density at radius 3 is 2.71 bits per heavy atom. The summed E-state index contributed by atoms with van der Waals surface area (Å²) in [4.78, 5) is 8.96. The zero-order valence-corrected chi connectivity index (χ0v) is 13.5. The summed E-state index contributed by atoms with van der Waals surface area (Å²) < 4.78 is 10.6. The van der Waals surface area contributed by atoms with Crippen LogP contribution >= 0.6 is 11.3 Å². The molecule has 8 heteroatoms. The highest BCUT2D eigenvalue weighted by Crippen LogP contribution is 2.23. The van der Waals surface area contributed by atoms with Crippen molar-refractivity contribution in [3.8, 4) is 22.4 Å². The van der Waals surface area contributed by atoms with E-state index in [9.17, 15) is 0 Å². The minimum Gasteiger partial charge on any atom is -0.462 e. The van der Waals surface area contributed by atoms with Gasteiger partial charge in [-0.1, -0.05) is 0 Å². The Hall–Kier alpha value is -2.71. The van der Waals surface area contributed by atoms with Gasteiger partial charge in [0.25, 0.3) is 0 Å². The third-order valence-electron chi connectivity index (χ3n) is 3.40. The van der Waals surface area contributed by atoms with E-state index in [1.165, 1.54) is 0 Å². The molecule has 0 aliphatic carbocycles. The molecule has 24 heavy (non-hydrogen) atoms. The van der Waals surface area contributed by atoms with E-state index in [1.807, 2.05) is 29.6 Å². The number of rotatable bonds is 7. The maximum atomic E-state index is 5.35. The summed E-state index contributed by atoms with van der Waals surface area (Å²) in [5, 5.41) is 13.4. The number of thiazole rings is 1. The Balaban J connectivity index is 1.26. The minimum atomic E-state index is 0.581. The lowest BCUT2D eigenvalue weighted by Crippen LogP contribution is -2.17. The highest BCUT2D eigenvalue weighted by molar-refractivity contribution is 7.13. The van der Waals surface area contributed by atoms with Crippen molar-refractivity contribution in [3.05, 3.63) is 53.7 Å². The molecule has 4 aromatic heterocycles. The van der Waals surface area contributed by atoms with E-state index in [0.717, 1.165) is 35.3 Å². The SMILES string of the molecule is c1coc(-c2n[nH]c(CCNCc3csc(-c4ccco4)n3)n2)c1. The Bertz CT molecular complexity index is 805. The average Bonchev–Trinajstić information content (AvgIpc) is 3.40. The summed E-state index contributed by atoms with van der Waals surface area (Å²) >= 11 is 1.58. The first kappa shape index (κ1) is 14.9. The third kappa shape index (κ3) is 3.29. The zero-order valence-electron chi connectivity index (χ0n) is 12.7. The van der Waals surface area contributed by atoms with Gasteiger partial charge in [-0.25, -0.2) is 9.97 Å². The maximum absolute atomic E-state index is 5.35. The standard InChI is InChI=1S/C16H15N5O2S/c1-3-12(22-7-1)15-19-14(20-21-15)5-6-17-9-11-10-24-16(18-11)13-4-2-8-23-13/h1-4,7-8,10,17H,5-6,9H2,(H,19,20,21). The number of hydrogen-bond donors (Lipinski definition) is 2. The molecule has 0 aliphatic rings. The fourth-order valence-electron chi connectivity index (χ4n) is 2.25. The van der Waals surface area contributed by atoms with Gasteiger partial charge in [0.15, 0.2) is 16.5 Å².